The summed E-state index contributed by atoms with van der Waals surface area (Å²) in [7, 11) is 0. The van der Waals surface area contributed by atoms with Gasteiger partial charge in [0.15, 0.2) is 5.82 Å². The van der Waals surface area contributed by atoms with E-state index >= 15 is 0 Å². The van der Waals surface area contributed by atoms with Gasteiger partial charge in [0.25, 0.3) is 0 Å². The fourth-order valence-corrected chi connectivity index (χ4v) is 3.43. The molecule has 1 aliphatic heterocycles. The summed E-state index contributed by atoms with van der Waals surface area (Å²) in [6.07, 6.45) is 4.55. The van der Waals surface area contributed by atoms with E-state index < -0.39 is 0 Å². The van der Waals surface area contributed by atoms with Crippen LogP contribution >= 0.6 is 0 Å². The molecular formula is C18H22N6O. The molecular weight excluding hydrogens is 316 g/mol. The van der Waals surface area contributed by atoms with E-state index in [4.69, 9.17) is 4.52 Å². The number of aromatic amines is 1. The normalized spacial score (nSPS) is 18.5. The molecule has 1 atom stereocenters. The van der Waals surface area contributed by atoms with Crippen molar-refractivity contribution < 1.29 is 4.52 Å². The molecule has 0 radical (unpaired) electrons. The molecule has 0 spiro atoms. The van der Waals surface area contributed by atoms with Gasteiger partial charge in [-0.25, -0.2) is 4.98 Å². The number of rotatable bonds is 5. The highest BCUT2D eigenvalue weighted by Crippen LogP contribution is 2.24. The third-order valence-electron chi connectivity index (χ3n) is 4.80. The van der Waals surface area contributed by atoms with Crippen LogP contribution < -0.4 is 0 Å². The van der Waals surface area contributed by atoms with Gasteiger partial charge in [0.05, 0.1) is 6.54 Å². The quantitative estimate of drug-likeness (QED) is 0.769. The average molecular weight is 338 g/mol. The summed E-state index contributed by atoms with van der Waals surface area (Å²) in [5.41, 5.74) is 2.48. The Labute approximate surface area is 146 Å². The standard InChI is InChI=1S/C18H22N6O/c1-13-5-2-3-6-14(13)9-16-21-17(25-23-16)11-24-8-4-7-15(10-24)18-19-12-20-22-18/h2-3,5-6,12,15H,4,7-11H2,1H3,(H,19,20,22). The number of likely N-dealkylation sites (tertiary alicyclic amines) is 1. The Balaban J connectivity index is 1.38. The number of benzene rings is 1. The van der Waals surface area contributed by atoms with E-state index in [0.29, 0.717) is 24.8 Å². The van der Waals surface area contributed by atoms with Crippen LogP contribution in [0.15, 0.2) is 35.1 Å². The van der Waals surface area contributed by atoms with Crippen molar-refractivity contribution in [1.29, 1.82) is 0 Å². The predicted octanol–water partition coefficient (Wildman–Crippen LogP) is 2.47. The second-order valence-electron chi connectivity index (χ2n) is 6.65. The highest BCUT2D eigenvalue weighted by Gasteiger charge is 2.24. The molecule has 3 aromatic rings. The second-order valence-corrected chi connectivity index (χ2v) is 6.65. The number of aryl methyl sites for hydroxylation is 1. The van der Waals surface area contributed by atoms with Crippen LogP contribution in [0.2, 0.25) is 0 Å². The van der Waals surface area contributed by atoms with Gasteiger partial charge in [-0.2, -0.15) is 10.1 Å². The minimum atomic E-state index is 0.394. The monoisotopic (exact) mass is 338 g/mol. The van der Waals surface area contributed by atoms with Crippen LogP contribution in [0.3, 0.4) is 0 Å². The summed E-state index contributed by atoms with van der Waals surface area (Å²) < 4.78 is 5.47. The van der Waals surface area contributed by atoms with Crippen LogP contribution in [0.5, 0.6) is 0 Å². The van der Waals surface area contributed by atoms with Crippen molar-refractivity contribution in [1.82, 2.24) is 30.2 Å². The van der Waals surface area contributed by atoms with Crippen LogP contribution in [-0.2, 0) is 13.0 Å². The molecule has 7 nitrogen and oxygen atoms in total. The van der Waals surface area contributed by atoms with Crippen molar-refractivity contribution in [2.24, 2.45) is 0 Å². The fourth-order valence-electron chi connectivity index (χ4n) is 3.43. The van der Waals surface area contributed by atoms with Gasteiger partial charge in [-0.3, -0.25) is 10.00 Å². The first-order valence-electron chi connectivity index (χ1n) is 8.71. The molecule has 0 bridgehead atoms. The Morgan fingerprint density at radius 2 is 2.24 bits per heavy atom. The number of hydrogen-bond acceptors (Lipinski definition) is 6. The summed E-state index contributed by atoms with van der Waals surface area (Å²) >= 11 is 0. The van der Waals surface area contributed by atoms with E-state index in [2.05, 4.69) is 49.3 Å². The molecule has 1 saturated heterocycles. The van der Waals surface area contributed by atoms with Crippen LogP contribution in [0.4, 0.5) is 0 Å². The van der Waals surface area contributed by atoms with E-state index in [1.807, 2.05) is 12.1 Å². The van der Waals surface area contributed by atoms with Gasteiger partial charge in [-0.15, -0.1) is 0 Å². The summed E-state index contributed by atoms with van der Waals surface area (Å²) in [4.78, 5) is 11.2. The average Bonchev–Trinajstić information content (AvgIpc) is 3.30. The maximum absolute atomic E-state index is 5.47. The van der Waals surface area contributed by atoms with Crippen LogP contribution in [0.25, 0.3) is 0 Å². The highest BCUT2D eigenvalue weighted by molar-refractivity contribution is 5.27. The van der Waals surface area contributed by atoms with Crippen molar-refractivity contribution in [2.45, 2.75) is 38.6 Å². The Morgan fingerprint density at radius 3 is 3.08 bits per heavy atom. The summed E-state index contributed by atoms with van der Waals surface area (Å²) in [5, 5.41) is 11.1. The molecule has 0 aliphatic carbocycles. The zero-order chi connectivity index (χ0) is 17.1. The molecule has 0 amide bonds. The second kappa shape index (κ2) is 7.14. The number of nitrogens with one attached hydrogen (secondary N) is 1. The van der Waals surface area contributed by atoms with Crippen LogP contribution in [0, 0.1) is 6.92 Å². The minimum absolute atomic E-state index is 0.394. The van der Waals surface area contributed by atoms with E-state index in [0.717, 1.165) is 37.6 Å². The molecule has 1 unspecified atom stereocenters. The lowest BCUT2D eigenvalue weighted by Gasteiger charge is -2.30. The summed E-state index contributed by atoms with van der Waals surface area (Å²) in [6, 6.07) is 8.30. The molecule has 1 aromatic carbocycles. The molecule has 2 aromatic heterocycles. The van der Waals surface area contributed by atoms with E-state index in [1.54, 1.807) is 6.33 Å². The van der Waals surface area contributed by atoms with Gasteiger partial charge in [-0.05, 0) is 37.4 Å². The Morgan fingerprint density at radius 1 is 1.32 bits per heavy atom. The Hall–Kier alpha value is -2.54. The highest BCUT2D eigenvalue weighted by atomic mass is 16.5. The van der Waals surface area contributed by atoms with Gasteiger partial charge in [-0.1, -0.05) is 29.4 Å². The molecule has 1 fully saturated rings. The molecule has 1 N–H and O–H groups in total. The van der Waals surface area contributed by atoms with E-state index in [9.17, 15) is 0 Å². The number of H-pyrrole nitrogens is 1. The fraction of sp³-hybridized carbons (Fsp3) is 0.444. The molecule has 1 aliphatic rings. The summed E-state index contributed by atoms with van der Waals surface area (Å²) in [5.74, 6) is 2.79. The molecule has 25 heavy (non-hydrogen) atoms. The predicted molar refractivity (Wildman–Crippen MR) is 91.9 cm³/mol. The third-order valence-corrected chi connectivity index (χ3v) is 4.80. The molecule has 3 heterocycles. The molecule has 4 rings (SSSR count). The number of hydrogen-bond donors (Lipinski definition) is 1. The van der Waals surface area contributed by atoms with Crippen molar-refractivity contribution in [3.63, 3.8) is 0 Å². The third kappa shape index (κ3) is 3.76. The first-order chi connectivity index (χ1) is 12.3. The maximum Gasteiger partial charge on any atom is 0.240 e. The SMILES string of the molecule is Cc1ccccc1Cc1noc(CN2CCCC(c3ncn[nH]3)C2)n1. The smallest absolute Gasteiger partial charge is 0.240 e. The summed E-state index contributed by atoms with van der Waals surface area (Å²) in [6.45, 7) is 4.77. The first kappa shape index (κ1) is 16.0. The topological polar surface area (TPSA) is 83.7 Å². The largest absolute Gasteiger partial charge is 0.338 e. The van der Waals surface area contributed by atoms with Crippen molar-refractivity contribution in [3.05, 3.63) is 59.3 Å². The number of nitrogens with zero attached hydrogens (tertiary/aromatic N) is 5. The number of aromatic nitrogens is 5. The van der Waals surface area contributed by atoms with Crippen molar-refractivity contribution in [2.75, 3.05) is 13.1 Å². The Kier molecular flexibility index (Phi) is 4.56. The Bertz CT molecular complexity index is 813. The maximum atomic E-state index is 5.47. The minimum Gasteiger partial charge on any atom is -0.338 e. The lowest BCUT2D eigenvalue weighted by Crippen LogP contribution is -2.34. The zero-order valence-electron chi connectivity index (χ0n) is 14.4. The van der Waals surface area contributed by atoms with Gasteiger partial charge >= 0.3 is 0 Å². The number of piperidine rings is 1. The first-order valence-corrected chi connectivity index (χ1v) is 8.71. The van der Waals surface area contributed by atoms with E-state index in [-0.39, 0.29) is 0 Å². The van der Waals surface area contributed by atoms with Gasteiger partial charge in [0.1, 0.15) is 12.2 Å². The van der Waals surface area contributed by atoms with Crippen molar-refractivity contribution in [3.8, 4) is 0 Å². The van der Waals surface area contributed by atoms with Crippen LogP contribution in [0.1, 0.15) is 47.4 Å². The van der Waals surface area contributed by atoms with Crippen molar-refractivity contribution >= 4 is 0 Å². The van der Waals surface area contributed by atoms with Gasteiger partial charge in [0, 0.05) is 18.9 Å². The molecule has 130 valence electrons. The zero-order valence-corrected chi connectivity index (χ0v) is 14.4. The lowest BCUT2D eigenvalue weighted by molar-refractivity contribution is 0.174. The van der Waals surface area contributed by atoms with Crippen LogP contribution in [-0.4, -0.2) is 43.3 Å². The van der Waals surface area contributed by atoms with Gasteiger partial charge in [0.2, 0.25) is 5.89 Å². The van der Waals surface area contributed by atoms with Gasteiger partial charge < -0.3 is 4.52 Å². The van der Waals surface area contributed by atoms with E-state index in [1.165, 1.54) is 11.1 Å². The molecule has 7 heteroatoms. The molecule has 0 saturated carbocycles. The lowest BCUT2D eigenvalue weighted by atomic mass is 9.97.